The van der Waals surface area contributed by atoms with Gasteiger partial charge in [-0.15, -0.1) is 0 Å². The van der Waals surface area contributed by atoms with E-state index in [1.807, 2.05) is 24.3 Å². The van der Waals surface area contributed by atoms with Crippen molar-refractivity contribution < 1.29 is 33.5 Å². The number of methoxy groups -OCH3 is 3. The molecule has 7 nitrogen and oxygen atoms in total. The van der Waals surface area contributed by atoms with Crippen LogP contribution >= 0.6 is 0 Å². The zero-order valence-corrected chi connectivity index (χ0v) is 17.4. The van der Waals surface area contributed by atoms with E-state index < -0.39 is 5.79 Å². The van der Waals surface area contributed by atoms with Gasteiger partial charge in [0.25, 0.3) is 0 Å². The third-order valence-electron chi connectivity index (χ3n) is 6.45. The van der Waals surface area contributed by atoms with Crippen molar-refractivity contribution in [2.75, 3.05) is 28.1 Å². The summed E-state index contributed by atoms with van der Waals surface area (Å²) in [5.41, 5.74) is 1.93. The summed E-state index contributed by atoms with van der Waals surface area (Å²) in [5.74, 6) is 2.19. The first kappa shape index (κ1) is 19.2. The highest BCUT2D eigenvalue weighted by atomic mass is 16.7. The molecular weight excluding hydrogens is 388 g/mol. The topological polar surface area (TPSA) is 75.6 Å². The maximum Gasteiger partial charge on any atom is 0.231 e. The summed E-state index contributed by atoms with van der Waals surface area (Å²) in [7, 11) is 4.80. The van der Waals surface area contributed by atoms with Crippen molar-refractivity contribution in [1.82, 2.24) is 0 Å². The fourth-order valence-electron chi connectivity index (χ4n) is 5.08. The summed E-state index contributed by atoms with van der Waals surface area (Å²) in [5, 5.41) is 11.5. The van der Waals surface area contributed by atoms with Gasteiger partial charge in [-0.2, -0.15) is 0 Å². The molecule has 0 radical (unpaired) electrons. The van der Waals surface area contributed by atoms with Gasteiger partial charge in [-0.3, -0.25) is 0 Å². The van der Waals surface area contributed by atoms with Crippen molar-refractivity contribution in [3.63, 3.8) is 0 Å². The van der Waals surface area contributed by atoms with Crippen molar-refractivity contribution in [1.29, 1.82) is 0 Å². The molecule has 7 heteroatoms. The molecule has 1 aliphatic carbocycles. The van der Waals surface area contributed by atoms with E-state index in [4.69, 9.17) is 28.4 Å². The van der Waals surface area contributed by atoms with Gasteiger partial charge in [0.2, 0.25) is 18.3 Å². The van der Waals surface area contributed by atoms with Crippen LogP contribution in [-0.4, -0.2) is 39.0 Å². The van der Waals surface area contributed by atoms with Crippen LogP contribution < -0.4 is 28.4 Å². The van der Waals surface area contributed by atoms with Crippen molar-refractivity contribution in [2.24, 2.45) is 5.92 Å². The molecule has 0 saturated heterocycles. The Morgan fingerprint density at radius 2 is 1.60 bits per heavy atom. The standard InChI is InChI=1S/C23H26O7/c1-25-19-8-13(9-20(26-2)22(19)27-3)21-14-10-17-18(29-12-28-17)11-16(14)30-23(24)7-5-4-6-15(21)23/h8-11,15,21,24H,4-7,12H2,1-3H3/t15-,21+,23+/m0/s1. The summed E-state index contributed by atoms with van der Waals surface area (Å²) in [6.07, 6.45) is 3.41. The first-order valence-corrected chi connectivity index (χ1v) is 10.2. The van der Waals surface area contributed by atoms with Crippen LogP contribution in [0.15, 0.2) is 24.3 Å². The summed E-state index contributed by atoms with van der Waals surface area (Å²) in [4.78, 5) is 0. The number of rotatable bonds is 4. The second kappa shape index (κ2) is 7.16. The SMILES string of the molecule is COc1cc([C@@H]2c3cc4c(cc3O[C@]3(O)CCCC[C@@H]23)OCO4)cc(OC)c1OC. The highest BCUT2D eigenvalue weighted by Gasteiger charge is 2.51. The molecule has 0 amide bonds. The number of benzene rings is 2. The molecule has 0 spiro atoms. The summed E-state index contributed by atoms with van der Waals surface area (Å²) in [6.45, 7) is 0.181. The molecule has 0 bridgehead atoms. The lowest BCUT2D eigenvalue weighted by molar-refractivity contribution is -0.208. The van der Waals surface area contributed by atoms with E-state index in [1.54, 1.807) is 21.3 Å². The van der Waals surface area contributed by atoms with E-state index in [0.717, 1.165) is 30.4 Å². The molecule has 30 heavy (non-hydrogen) atoms. The van der Waals surface area contributed by atoms with Gasteiger partial charge >= 0.3 is 0 Å². The minimum Gasteiger partial charge on any atom is -0.493 e. The molecule has 160 valence electrons. The van der Waals surface area contributed by atoms with Crippen LogP contribution in [0.2, 0.25) is 0 Å². The Morgan fingerprint density at radius 3 is 2.27 bits per heavy atom. The van der Waals surface area contributed by atoms with Crippen LogP contribution in [0.5, 0.6) is 34.5 Å². The second-order valence-corrected chi connectivity index (χ2v) is 7.98. The number of fused-ring (bicyclic) bond motifs is 3. The van der Waals surface area contributed by atoms with Crippen molar-refractivity contribution >= 4 is 0 Å². The lowest BCUT2D eigenvalue weighted by Gasteiger charge is -2.48. The molecule has 0 unspecified atom stereocenters. The molecule has 5 rings (SSSR count). The van der Waals surface area contributed by atoms with Gasteiger partial charge in [-0.05, 0) is 36.6 Å². The molecule has 2 aromatic rings. The molecule has 0 aromatic heterocycles. The van der Waals surface area contributed by atoms with Gasteiger partial charge in [0.1, 0.15) is 5.75 Å². The summed E-state index contributed by atoms with van der Waals surface area (Å²) in [6, 6.07) is 7.71. The monoisotopic (exact) mass is 414 g/mol. The van der Waals surface area contributed by atoms with Gasteiger partial charge in [0.05, 0.1) is 21.3 Å². The first-order chi connectivity index (χ1) is 14.6. The first-order valence-electron chi connectivity index (χ1n) is 10.2. The molecule has 3 atom stereocenters. The summed E-state index contributed by atoms with van der Waals surface area (Å²) < 4.78 is 34.0. The van der Waals surface area contributed by atoms with E-state index in [9.17, 15) is 5.11 Å². The lowest BCUT2D eigenvalue weighted by Crippen LogP contribution is -2.51. The average molecular weight is 414 g/mol. The van der Waals surface area contributed by atoms with Crippen molar-refractivity contribution in [3.05, 3.63) is 35.4 Å². The quantitative estimate of drug-likeness (QED) is 0.815. The van der Waals surface area contributed by atoms with Crippen LogP contribution in [0.1, 0.15) is 42.7 Å². The van der Waals surface area contributed by atoms with E-state index >= 15 is 0 Å². The predicted molar refractivity (Wildman–Crippen MR) is 108 cm³/mol. The normalized spacial score (nSPS) is 26.3. The van der Waals surface area contributed by atoms with E-state index in [1.165, 1.54) is 0 Å². The maximum absolute atomic E-state index is 11.5. The lowest BCUT2D eigenvalue weighted by atomic mass is 9.68. The van der Waals surface area contributed by atoms with Crippen molar-refractivity contribution in [2.45, 2.75) is 37.4 Å². The van der Waals surface area contributed by atoms with Gasteiger partial charge < -0.3 is 33.5 Å². The third-order valence-corrected chi connectivity index (χ3v) is 6.45. The Balaban J connectivity index is 1.72. The maximum atomic E-state index is 11.5. The number of hydrogen-bond donors (Lipinski definition) is 1. The highest BCUT2D eigenvalue weighted by molar-refractivity contribution is 5.60. The van der Waals surface area contributed by atoms with Crippen LogP contribution in [0.4, 0.5) is 0 Å². The predicted octanol–water partition coefficient (Wildman–Crippen LogP) is 3.84. The smallest absolute Gasteiger partial charge is 0.231 e. The fourth-order valence-corrected chi connectivity index (χ4v) is 5.08. The molecule has 2 heterocycles. The number of hydrogen-bond acceptors (Lipinski definition) is 7. The minimum atomic E-state index is -1.23. The fraction of sp³-hybridized carbons (Fsp3) is 0.478. The number of aliphatic hydroxyl groups is 1. The number of ether oxygens (including phenoxy) is 6. The largest absolute Gasteiger partial charge is 0.493 e. The van der Waals surface area contributed by atoms with Crippen LogP contribution in [-0.2, 0) is 0 Å². The zero-order chi connectivity index (χ0) is 20.9. The van der Waals surface area contributed by atoms with Gasteiger partial charge in [0.15, 0.2) is 23.0 Å². The van der Waals surface area contributed by atoms with Crippen LogP contribution in [0.3, 0.4) is 0 Å². The zero-order valence-electron chi connectivity index (χ0n) is 17.4. The third kappa shape index (κ3) is 2.83. The summed E-state index contributed by atoms with van der Waals surface area (Å²) >= 11 is 0. The van der Waals surface area contributed by atoms with Crippen LogP contribution in [0, 0.1) is 5.92 Å². The van der Waals surface area contributed by atoms with E-state index in [0.29, 0.717) is 40.9 Å². The van der Waals surface area contributed by atoms with E-state index in [2.05, 4.69) is 0 Å². The second-order valence-electron chi connectivity index (χ2n) is 7.98. The van der Waals surface area contributed by atoms with Gasteiger partial charge in [0, 0.05) is 29.9 Å². The molecular formula is C23H26O7. The van der Waals surface area contributed by atoms with Crippen molar-refractivity contribution in [3.8, 4) is 34.5 Å². The Kier molecular flexibility index (Phi) is 4.58. The molecule has 2 aliphatic heterocycles. The van der Waals surface area contributed by atoms with E-state index in [-0.39, 0.29) is 18.6 Å². The minimum absolute atomic E-state index is 0.109. The average Bonchev–Trinajstić information content (AvgIpc) is 3.21. The highest BCUT2D eigenvalue weighted by Crippen LogP contribution is 2.56. The molecule has 1 N–H and O–H groups in total. The van der Waals surface area contributed by atoms with Gasteiger partial charge in [-0.1, -0.05) is 6.42 Å². The Labute approximate surface area is 175 Å². The Hall–Kier alpha value is -2.80. The Morgan fingerprint density at radius 1 is 0.900 bits per heavy atom. The molecule has 2 aromatic carbocycles. The molecule has 1 fully saturated rings. The van der Waals surface area contributed by atoms with Gasteiger partial charge in [-0.25, -0.2) is 0 Å². The molecule has 3 aliphatic rings. The van der Waals surface area contributed by atoms with Crippen LogP contribution in [0.25, 0.3) is 0 Å². The molecule has 1 saturated carbocycles. The Bertz CT molecular complexity index is 947.